The first-order valence-electron chi connectivity index (χ1n) is 6.60. The van der Waals surface area contributed by atoms with Gasteiger partial charge in [-0.05, 0) is 26.0 Å². The minimum atomic E-state index is -0.599. The van der Waals surface area contributed by atoms with Crippen molar-refractivity contribution in [1.82, 2.24) is 15.1 Å². The quantitative estimate of drug-likeness (QED) is 0.684. The molecule has 0 radical (unpaired) electrons. The minimum absolute atomic E-state index is 0.0506. The number of hydrogen-bond donors (Lipinski definition) is 0. The fourth-order valence-electron chi connectivity index (χ4n) is 1.83. The van der Waals surface area contributed by atoms with Crippen molar-refractivity contribution in [3.63, 3.8) is 0 Å². The molecule has 0 spiro atoms. The lowest BCUT2D eigenvalue weighted by Crippen LogP contribution is -2.05. The van der Waals surface area contributed by atoms with Gasteiger partial charge in [0, 0.05) is 24.0 Å². The number of ether oxygens (including phenoxy) is 1. The van der Waals surface area contributed by atoms with E-state index in [-0.39, 0.29) is 12.3 Å². The topological polar surface area (TPSA) is 91.2 Å². The fourth-order valence-corrected chi connectivity index (χ4v) is 1.83. The molecule has 0 aliphatic carbocycles. The molecule has 0 bridgehead atoms. The van der Waals surface area contributed by atoms with E-state index in [9.17, 15) is 4.79 Å². The Kier molecular flexibility index (Phi) is 3.69. The normalized spacial score (nSPS) is 10.6. The van der Waals surface area contributed by atoms with Crippen molar-refractivity contribution in [3.8, 4) is 11.3 Å². The van der Waals surface area contributed by atoms with E-state index in [1.807, 2.05) is 6.92 Å². The maximum absolute atomic E-state index is 11.9. The van der Waals surface area contributed by atoms with Crippen LogP contribution in [-0.2, 0) is 11.3 Å². The molecular formula is C15H13N3O4. The highest BCUT2D eigenvalue weighted by molar-refractivity contribution is 5.88. The molecule has 0 aliphatic heterocycles. The molecule has 0 unspecified atom stereocenters. The average Bonchev–Trinajstić information content (AvgIpc) is 3.14. The summed E-state index contributed by atoms with van der Waals surface area (Å²) in [6.07, 6.45) is 3.26. The Balaban J connectivity index is 1.67. The molecule has 3 heterocycles. The maximum Gasteiger partial charge on any atom is 0.361 e. The molecule has 0 atom stereocenters. The van der Waals surface area contributed by atoms with Crippen LogP contribution in [0.4, 0.5) is 0 Å². The van der Waals surface area contributed by atoms with Crippen LogP contribution < -0.4 is 0 Å². The second-order valence-electron chi connectivity index (χ2n) is 4.64. The number of aromatic nitrogens is 3. The van der Waals surface area contributed by atoms with Gasteiger partial charge in [-0.15, -0.1) is 0 Å². The largest absolute Gasteiger partial charge is 0.451 e. The van der Waals surface area contributed by atoms with Gasteiger partial charge < -0.3 is 13.7 Å². The number of carbonyl (C=O) groups is 1. The number of hydrogen-bond acceptors (Lipinski definition) is 7. The lowest BCUT2D eigenvalue weighted by Gasteiger charge is -1.97. The Morgan fingerprint density at radius 3 is 2.73 bits per heavy atom. The van der Waals surface area contributed by atoms with Crippen LogP contribution in [0.3, 0.4) is 0 Å². The van der Waals surface area contributed by atoms with E-state index in [0.29, 0.717) is 17.4 Å². The third kappa shape index (κ3) is 2.88. The molecule has 0 aliphatic rings. The smallest absolute Gasteiger partial charge is 0.361 e. The number of rotatable bonds is 4. The summed E-state index contributed by atoms with van der Waals surface area (Å²) in [6, 6.07) is 5.03. The average molecular weight is 299 g/mol. The van der Waals surface area contributed by atoms with Crippen LogP contribution >= 0.6 is 0 Å². The van der Waals surface area contributed by atoms with Crippen LogP contribution in [0.25, 0.3) is 11.3 Å². The summed E-state index contributed by atoms with van der Waals surface area (Å²) < 4.78 is 15.6. The molecule has 7 nitrogen and oxygen atoms in total. The first kappa shape index (κ1) is 14.0. The monoisotopic (exact) mass is 299 g/mol. The Labute approximate surface area is 125 Å². The zero-order chi connectivity index (χ0) is 15.5. The fraction of sp³-hybridized carbons (Fsp3) is 0.200. The highest BCUT2D eigenvalue weighted by atomic mass is 16.5. The molecule has 7 heteroatoms. The predicted molar refractivity (Wildman–Crippen MR) is 74.8 cm³/mol. The van der Waals surface area contributed by atoms with Crippen LogP contribution in [0, 0.1) is 13.8 Å². The Hall–Kier alpha value is -2.96. The van der Waals surface area contributed by atoms with E-state index in [4.69, 9.17) is 13.7 Å². The first-order valence-corrected chi connectivity index (χ1v) is 6.60. The van der Waals surface area contributed by atoms with Crippen LogP contribution in [0.2, 0.25) is 0 Å². The summed E-state index contributed by atoms with van der Waals surface area (Å²) in [7, 11) is 0. The van der Waals surface area contributed by atoms with Gasteiger partial charge in [-0.1, -0.05) is 5.16 Å². The van der Waals surface area contributed by atoms with E-state index in [0.717, 1.165) is 11.3 Å². The van der Waals surface area contributed by atoms with Gasteiger partial charge in [0.05, 0.1) is 5.69 Å². The molecule has 0 aromatic carbocycles. The minimum Gasteiger partial charge on any atom is -0.451 e. The molecule has 0 saturated heterocycles. The van der Waals surface area contributed by atoms with E-state index >= 15 is 0 Å². The molecule has 22 heavy (non-hydrogen) atoms. The van der Waals surface area contributed by atoms with Gasteiger partial charge in [0.15, 0.2) is 18.1 Å². The molecule has 3 aromatic rings. The Morgan fingerprint density at radius 1 is 1.27 bits per heavy atom. The summed E-state index contributed by atoms with van der Waals surface area (Å²) in [4.78, 5) is 20.0. The third-order valence-corrected chi connectivity index (χ3v) is 3.08. The van der Waals surface area contributed by atoms with Crippen LogP contribution in [0.5, 0.6) is 0 Å². The van der Waals surface area contributed by atoms with Gasteiger partial charge in [-0.3, -0.25) is 4.98 Å². The summed E-state index contributed by atoms with van der Waals surface area (Å²) >= 11 is 0. The van der Waals surface area contributed by atoms with E-state index in [1.54, 1.807) is 31.5 Å². The van der Waals surface area contributed by atoms with Crippen molar-refractivity contribution in [3.05, 3.63) is 53.6 Å². The molecule has 3 aromatic heterocycles. The highest BCUT2D eigenvalue weighted by Gasteiger charge is 2.16. The molecule has 0 fully saturated rings. The number of esters is 1. The molecule has 0 saturated carbocycles. The number of nitrogens with zero attached hydrogens (tertiary/aromatic N) is 3. The molecular weight excluding hydrogens is 286 g/mol. The van der Waals surface area contributed by atoms with Crippen molar-refractivity contribution in [2.75, 3.05) is 0 Å². The molecule has 112 valence electrons. The van der Waals surface area contributed by atoms with Crippen molar-refractivity contribution in [2.24, 2.45) is 0 Å². The van der Waals surface area contributed by atoms with Gasteiger partial charge in [0.1, 0.15) is 5.76 Å². The lowest BCUT2D eigenvalue weighted by atomic mass is 10.2. The zero-order valence-corrected chi connectivity index (χ0v) is 12.1. The van der Waals surface area contributed by atoms with Crippen LogP contribution in [-0.4, -0.2) is 21.1 Å². The lowest BCUT2D eigenvalue weighted by molar-refractivity contribution is 0.0425. The van der Waals surface area contributed by atoms with Gasteiger partial charge >= 0.3 is 5.97 Å². The highest BCUT2D eigenvalue weighted by Crippen LogP contribution is 2.19. The van der Waals surface area contributed by atoms with E-state index < -0.39 is 5.97 Å². The second-order valence-corrected chi connectivity index (χ2v) is 4.64. The molecule has 0 N–H and O–H groups in total. The van der Waals surface area contributed by atoms with Crippen molar-refractivity contribution in [2.45, 2.75) is 20.5 Å². The van der Waals surface area contributed by atoms with Gasteiger partial charge in [0.25, 0.3) is 0 Å². The van der Waals surface area contributed by atoms with Crippen LogP contribution in [0.15, 0.2) is 39.5 Å². The molecule has 0 amide bonds. The molecule has 3 rings (SSSR count). The SMILES string of the molecule is Cc1nc(COC(=O)c2cc(-c3ccncc3)on2)oc1C. The van der Waals surface area contributed by atoms with Crippen molar-refractivity contribution < 1.29 is 18.5 Å². The summed E-state index contributed by atoms with van der Waals surface area (Å²) in [5.41, 5.74) is 1.64. The first-order chi connectivity index (χ1) is 10.6. The van der Waals surface area contributed by atoms with Gasteiger partial charge in [0.2, 0.25) is 5.89 Å². The van der Waals surface area contributed by atoms with E-state index in [1.165, 1.54) is 6.07 Å². The van der Waals surface area contributed by atoms with Crippen LogP contribution in [0.1, 0.15) is 27.8 Å². The third-order valence-electron chi connectivity index (χ3n) is 3.08. The maximum atomic E-state index is 11.9. The number of aryl methyl sites for hydroxylation is 2. The summed E-state index contributed by atoms with van der Waals surface area (Å²) in [6.45, 7) is 3.57. The van der Waals surface area contributed by atoms with Crippen molar-refractivity contribution >= 4 is 5.97 Å². The predicted octanol–water partition coefficient (Wildman–Crippen LogP) is 2.70. The van der Waals surface area contributed by atoms with E-state index in [2.05, 4.69) is 15.1 Å². The Bertz CT molecular complexity index is 773. The van der Waals surface area contributed by atoms with Crippen molar-refractivity contribution in [1.29, 1.82) is 0 Å². The summed E-state index contributed by atoms with van der Waals surface area (Å²) in [5.74, 6) is 0.920. The zero-order valence-electron chi connectivity index (χ0n) is 12.1. The second kappa shape index (κ2) is 5.80. The standard InChI is InChI=1S/C15H13N3O4/c1-9-10(2)21-14(17-9)8-20-15(19)12-7-13(22-18-12)11-3-5-16-6-4-11/h3-7H,8H2,1-2H3. The Morgan fingerprint density at radius 2 is 2.05 bits per heavy atom. The number of pyridine rings is 1. The number of oxazole rings is 1. The van der Waals surface area contributed by atoms with Gasteiger partial charge in [-0.25, -0.2) is 9.78 Å². The van der Waals surface area contributed by atoms with Gasteiger partial charge in [-0.2, -0.15) is 0 Å². The summed E-state index contributed by atoms with van der Waals surface area (Å²) in [5, 5.41) is 3.71. The number of carbonyl (C=O) groups excluding carboxylic acids is 1.